The van der Waals surface area contributed by atoms with E-state index in [-0.39, 0.29) is 11.8 Å². The highest BCUT2D eigenvalue weighted by atomic mass is 16.2. The van der Waals surface area contributed by atoms with E-state index in [2.05, 4.69) is 20.8 Å². The van der Waals surface area contributed by atoms with Gasteiger partial charge in [-0.15, -0.1) is 0 Å². The molecule has 0 radical (unpaired) electrons. The van der Waals surface area contributed by atoms with Gasteiger partial charge >= 0.3 is 0 Å². The van der Waals surface area contributed by atoms with Crippen molar-refractivity contribution in [3.8, 4) is 0 Å². The molecule has 1 rings (SSSR count). The molecule has 1 aliphatic heterocycles. The van der Waals surface area contributed by atoms with Crippen LogP contribution in [0.2, 0.25) is 0 Å². The molecular formula is C14H28N2O. The fourth-order valence-electron chi connectivity index (χ4n) is 2.69. The topological polar surface area (TPSA) is 46.3 Å². The average molecular weight is 240 g/mol. The van der Waals surface area contributed by atoms with Crippen LogP contribution in [0.5, 0.6) is 0 Å². The molecule has 3 heteroatoms. The van der Waals surface area contributed by atoms with Gasteiger partial charge in [-0.05, 0) is 31.1 Å². The molecule has 0 bridgehead atoms. The zero-order chi connectivity index (χ0) is 12.8. The second-order valence-electron chi connectivity index (χ2n) is 5.74. The lowest BCUT2D eigenvalue weighted by molar-refractivity contribution is -0.137. The van der Waals surface area contributed by atoms with Crippen molar-refractivity contribution in [3.05, 3.63) is 0 Å². The van der Waals surface area contributed by atoms with E-state index in [4.69, 9.17) is 5.73 Å². The van der Waals surface area contributed by atoms with Crippen LogP contribution in [0.1, 0.15) is 46.5 Å². The van der Waals surface area contributed by atoms with E-state index in [0.717, 1.165) is 25.4 Å². The smallest absolute Gasteiger partial charge is 0.226 e. The van der Waals surface area contributed by atoms with E-state index < -0.39 is 0 Å². The van der Waals surface area contributed by atoms with Crippen molar-refractivity contribution in [2.24, 2.45) is 23.5 Å². The highest BCUT2D eigenvalue weighted by Gasteiger charge is 2.27. The maximum atomic E-state index is 12.3. The summed E-state index contributed by atoms with van der Waals surface area (Å²) in [6.45, 7) is 8.91. The van der Waals surface area contributed by atoms with Crippen LogP contribution >= 0.6 is 0 Å². The third-order valence-corrected chi connectivity index (χ3v) is 3.89. The second kappa shape index (κ2) is 7.00. The predicted molar refractivity (Wildman–Crippen MR) is 71.6 cm³/mol. The van der Waals surface area contributed by atoms with E-state index in [1.165, 1.54) is 19.3 Å². The SMILES string of the molecule is CCC1CCN(C(=O)C(CN)CC(C)C)CC1. The van der Waals surface area contributed by atoms with Crippen LogP contribution in [-0.4, -0.2) is 30.4 Å². The molecule has 1 atom stereocenters. The summed E-state index contributed by atoms with van der Waals surface area (Å²) >= 11 is 0. The lowest BCUT2D eigenvalue weighted by Crippen LogP contribution is -2.44. The lowest BCUT2D eigenvalue weighted by atomic mass is 9.91. The number of hydrogen-bond acceptors (Lipinski definition) is 2. The summed E-state index contributed by atoms with van der Waals surface area (Å²) in [4.78, 5) is 14.3. The molecule has 0 aliphatic carbocycles. The molecule has 1 fully saturated rings. The quantitative estimate of drug-likeness (QED) is 0.801. The maximum absolute atomic E-state index is 12.3. The van der Waals surface area contributed by atoms with Crippen LogP contribution in [0.25, 0.3) is 0 Å². The number of rotatable bonds is 5. The van der Waals surface area contributed by atoms with Gasteiger partial charge < -0.3 is 10.6 Å². The van der Waals surface area contributed by atoms with Crippen LogP contribution in [0.3, 0.4) is 0 Å². The van der Waals surface area contributed by atoms with Gasteiger partial charge in [-0.2, -0.15) is 0 Å². The molecule has 100 valence electrons. The Hall–Kier alpha value is -0.570. The number of amides is 1. The monoisotopic (exact) mass is 240 g/mol. The molecule has 0 saturated carbocycles. The zero-order valence-electron chi connectivity index (χ0n) is 11.6. The molecule has 0 aromatic rings. The van der Waals surface area contributed by atoms with Crippen LogP contribution in [0.15, 0.2) is 0 Å². The van der Waals surface area contributed by atoms with E-state index in [1.54, 1.807) is 0 Å². The number of nitrogens with two attached hydrogens (primary N) is 1. The van der Waals surface area contributed by atoms with E-state index in [0.29, 0.717) is 12.5 Å². The fraction of sp³-hybridized carbons (Fsp3) is 0.929. The van der Waals surface area contributed by atoms with Gasteiger partial charge in [0.15, 0.2) is 0 Å². The van der Waals surface area contributed by atoms with E-state index >= 15 is 0 Å². The number of carbonyl (C=O) groups is 1. The summed E-state index contributed by atoms with van der Waals surface area (Å²) in [5.74, 6) is 1.69. The molecule has 1 heterocycles. The van der Waals surface area contributed by atoms with Gasteiger partial charge in [0, 0.05) is 19.6 Å². The highest BCUT2D eigenvalue weighted by Crippen LogP contribution is 2.22. The minimum atomic E-state index is 0.0353. The molecule has 1 unspecified atom stereocenters. The highest BCUT2D eigenvalue weighted by molar-refractivity contribution is 5.79. The predicted octanol–water partition coefficient (Wildman–Crippen LogP) is 2.26. The Morgan fingerprint density at radius 1 is 1.35 bits per heavy atom. The second-order valence-corrected chi connectivity index (χ2v) is 5.74. The summed E-state index contributed by atoms with van der Waals surface area (Å²) in [5.41, 5.74) is 5.73. The van der Waals surface area contributed by atoms with Crippen LogP contribution in [0.4, 0.5) is 0 Å². The lowest BCUT2D eigenvalue weighted by Gasteiger charge is -2.34. The first-order valence-corrected chi connectivity index (χ1v) is 7.07. The first-order chi connectivity index (χ1) is 8.08. The molecule has 1 aliphatic rings. The molecule has 0 spiro atoms. The number of nitrogens with zero attached hydrogens (tertiary/aromatic N) is 1. The first-order valence-electron chi connectivity index (χ1n) is 7.07. The number of carbonyl (C=O) groups excluding carboxylic acids is 1. The molecule has 2 N–H and O–H groups in total. The minimum Gasteiger partial charge on any atom is -0.342 e. The maximum Gasteiger partial charge on any atom is 0.226 e. The molecule has 1 amide bonds. The molecule has 3 nitrogen and oxygen atoms in total. The number of hydrogen-bond donors (Lipinski definition) is 1. The largest absolute Gasteiger partial charge is 0.342 e. The van der Waals surface area contributed by atoms with Crippen LogP contribution in [-0.2, 0) is 4.79 Å². The van der Waals surface area contributed by atoms with Gasteiger partial charge in [0.05, 0.1) is 5.92 Å². The van der Waals surface area contributed by atoms with Crippen molar-refractivity contribution in [2.75, 3.05) is 19.6 Å². The summed E-state index contributed by atoms with van der Waals surface area (Å²) in [6.07, 6.45) is 4.50. The molecule has 1 saturated heterocycles. The van der Waals surface area contributed by atoms with E-state index in [1.807, 2.05) is 4.90 Å². The molecule has 0 aromatic heterocycles. The Morgan fingerprint density at radius 2 is 1.94 bits per heavy atom. The Labute approximate surface area is 106 Å². The van der Waals surface area contributed by atoms with Crippen molar-refractivity contribution in [1.29, 1.82) is 0 Å². The van der Waals surface area contributed by atoms with Gasteiger partial charge in [0.25, 0.3) is 0 Å². The van der Waals surface area contributed by atoms with Crippen LogP contribution in [0, 0.1) is 17.8 Å². The van der Waals surface area contributed by atoms with Crippen molar-refractivity contribution < 1.29 is 4.79 Å². The van der Waals surface area contributed by atoms with Gasteiger partial charge in [-0.1, -0.05) is 27.2 Å². The average Bonchev–Trinajstić information content (AvgIpc) is 2.35. The van der Waals surface area contributed by atoms with E-state index in [9.17, 15) is 4.79 Å². The normalized spacial score (nSPS) is 19.7. The Kier molecular flexibility index (Phi) is 5.96. The Morgan fingerprint density at radius 3 is 2.35 bits per heavy atom. The van der Waals surface area contributed by atoms with Crippen molar-refractivity contribution in [2.45, 2.75) is 46.5 Å². The molecule has 17 heavy (non-hydrogen) atoms. The fourth-order valence-corrected chi connectivity index (χ4v) is 2.69. The van der Waals surface area contributed by atoms with Crippen molar-refractivity contribution >= 4 is 5.91 Å². The van der Waals surface area contributed by atoms with Crippen LogP contribution < -0.4 is 5.73 Å². The van der Waals surface area contributed by atoms with Gasteiger partial charge in [-0.3, -0.25) is 4.79 Å². The van der Waals surface area contributed by atoms with Crippen molar-refractivity contribution in [1.82, 2.24) is 4.90 Å². The number of piperidine rings is 1. The molecule has 0 aromatic carbocycles. The summed E-state index contributed by atoms with van der Waals surface area (Å²) in [6, 6.07) is 0. The molecular weight excluding hydrogens is 212 g/mol. The standard InChI is InChI=1S/C14H28N2O/c1-4-12-5-7-16(8-6-12)14(17)13(10-15)9-11(2)3/h11-13H,4-10,15H2,1-3H3. The summed E-state index contributed by atoms with van der Waals surface area (Å²) in [7, 11) is 0. The Bertz CT molecular complexity index is 232. The zero-order valence-corrected chi connectivity index (χ0v) is 11.6. The first kappa shape index (κ1) is 14.5. The summed E-state index contributed by atoms with van der Waals surface area (Å²) in [5, 5.41) is 0. The third-order valence-electron chi connectivity index (χ3n) is 3.89. The minimum absolute atomic E-state index is 0.0353. The summed E-state index contributed by atoms with van der Waals surface area (Å²) < 4.78 is 0. The van der Waals surface area contributed by atoms with Gasteiger partial charge in [0.1, 0.15) is 0 Å². The third kappa shape index (κ3) is 4.30. The van der Waals surface area contributed by atoms with Gasteiger partial charge in [0.2, 0.25) is 5.91 Å². The van der Waals surface area contributed by atoms with Gasteiger partial charge in [-0.25, -0.2) is 0 Å². The van der Waals surface area contributed by atoms with Crippen molar-refractivity contribution in [3.63, 3.8) is 0 Å². The number of likely N-dealkylation sites (tertiary alicyclic amines) is 1. The Balaban J connectivity index is 2.46.